The average Bonchev–Trinajstić information content (AvgIpc) is 2.49. The van der Waals surface area contributed by atoms with Crippen LogP contribution in [0.5, 0.6) is 0 Å². The number of primary sulfonamides is 1. The van der Waals surface area contributed by atoms with E-state index in [-0.39, 0.29) is 32.3 Å². The van der Waals surface area contributed by atoms with E-state index in [2.05, 4.69) is 21.2 Å². The lowest BCUT2D eigenvalue weighted by Gasteiger charge is -2.12. The van der Waals surface area contributed by atoms with E-state index in [0.717, 1.165) is 0 Å². The van der Waals surface area contributed by atoms with Crippen molar-refractivity contribution in [2.45, 2.75) is 11.8 Å². The van der Waals surface area contributed by atoms with Crippen molar-refractivity contribution in [3.8, 4) is 0 Å². The number of amides is 2. The summed E-state index contributed by atoms with van der Waals surface area (Å²) in [7, 11) is -4.00. The molecule has 0 heterocycles. The second-order valence-electron chi connectivity index (χ2n) is 5.13. The fourth-order valence-electron chi connectivity index (χ4n) is 2.18. The van der Waals surface area contributed by atoms with Crippen LogP contribution in [-0.4, -0.2) is 20.2 Å². The highest BCUT2D eigenvalue weighted by molar-refractivity contribution is 9.10. The van der Waals surface area contributed by atoms with Crippen molar-refractivity contribution >= 4 is 55.1 Å². The number of halogens is 2. The molecule has 25 heavy (non-hydrogen) atoms. The number of rotatable bonds is 4. The summed E-state index contributed by atoms with van der Waals surface area (Å²) in [6, 6.07) is 7.01. The molecule has 132 valence electrons. The molecule has 0 aliphatic heterocycles. The van der Waals surface area contributed by atoms with Crippen molar-refractivity contribution in [1.29, 1.82) is 0 Å². The molecule has 10 heteroatoms. The van der Waals surface area contributed by atoms with Crippen molar-refractivity contribution in [2.24, 2.45) is 10.9 Å². The van der Waals surface area contributed by atoms with Gasteiger partial charge in [0, 0.05) is 15.7 Å². The molecule has 2 rings (SSSR count). The predicted molar refractivity (Wildman–Crippen MR) is 98.2 cm³/mol. The van der Waals surface area contributed by atoms with Crippen molar-refractivity contribution in [2.75, 3.05) is 5.32 Å². The molecule has 0 aromatic heterocycles. The Morgan fingerprint density at radius 3 is 2.36 bits per heavy atom. The Hall–Kier alpha value is -1.94. The highest BCUT2D eigenvalue weighted by Crippen LogP contribution is 2.26. The minimum Gasteiger partial charge on any atom is -0.366 e. The Morgan fingerprint density at radius 1 is 1.16 bits per heavy atom. The van der Waals surface area contributed by atoms with Gasteiger partial charge in [-0.2, -0.15) is 0 Å². The van der Waals surface area contributed by atoms with E-state index in [1.807, 2.05) is 0 Å². The van der Waals surface area contributed by atoms with Gasteiger partial charge in [-0.05, 0) is 42.8 Å². The lowest BCUT2D eigenvalue weighted by atomic mass is 10.1. The average molecular weight is 447 g/mol. The summed E-state index contributed by atoms with van der Waals surface area (Å²) in [5.41, 5.74) is 5.85. The van der Waals surface area contributed by atoms with E-state index >= 15 is 0 Å². The molecule has 2 aromatic rings. The van der Waals surface area contributed by atoms with Crippen LogP contribution >= 0.6 is 27.5 Å². The van der Waals surface area contributed by atoms with Gasteiger partial charge in [0.1, 0.15) is 0 Å². The Labute approximate surface area is 157 Å². The standard InChI is InChI=1S/C15H13BrClN3O4S/c1-7-10(4-8(16)5-13(7)25(19,23)24)15(22)20-9-2-3-12(17)11(6-9)14(18)21/h2-6H,1H3,(H2,18,21)(H,20,22)(H2,19,23,24). The van der Waals surface area contributed by atoms with Gasteiger partial charge in [-0.25, -0.2) is 13.6 Å². The van der Waals surface area contributed by atoms with Gasteiger partial charge in [0.2, 0.25) is 15.9 Å². The topological polar surface area (TPSA) is 132 Å². The van der Waals surface area contributed by atoms with Crippen LogP contribution in [0.25, 0.3) is 0 Å². The van der Waals surface area contributed by atoms with Crippen molar-refractivity contribution in [1.82, 2.24) is 0 Å². The zero-order chi connectivity index (χ0) is 18.9. The molecular weight excluding hydrogens is 434 g/mol. The third-order valence-electron chi connectivity index (χ3n) is 3.37. The highest BCUT2D eigenvalue weighted by atomic mass is 79.9. The van der Waals surface area contributed by atoms with Crippen LogP contribution in [0.3, 0.4) is 0 Å². The zero-order valence-corrected chi connectivity index (χ0v) is 16.0. The summed E-state index contributed by atoms with van der Waals surface area (Å²) in [5.74, 6) is -1.32. The number of carbonyl (C=O) groups is 2. The first-order valence-electron chi connectivity index (χ1n) is 6.74. The largest absolute Gasteiger partial charge is 0.366 e. The second kappa shape index (κ2) is 7.12. The molecule has 2 aromatic carbocycles. The summed E-state index contributed by atoms with van der Waals surface area (Å²) < 4.78 is 23.7. The first kappa shape index (κ1) is 19.4. The van der Waals surface area contributed by atoms with Gasteiger partial charge >= 0.3 is 0 Å². The molecule has 2 amide bonds. The van der Waals surface area contributed by atoms with Gasteiger partial charge in [-0.15, -0.1) is 0 Å². The normalized spacial score (nSPS) is 11.2. The molecular formula is C15H13BrClN3O4S. The lowest BCUT2D eigenvalue weighted by Crippen LogP contribution is -2.19. The van der Waals surface area contributed by atoms with Crippen LogP contribution in [0.2, 0.25) is 5.02 Å². The maximum Gasteiger partial charge on any atom is 0.256 e. The summed E-state index contributed by atoms with van der Waals surface area (Å²) in [5, 5.41) is 7.89. The molecule has 7 nitrogen and oxygen atoms in total. The minimum atomic E-state index is -4.00. The van der Waals surface area contributed by atoms with Gasteiger partial charge in [0.15, 0.2) is 0 Å². The number of benzene rings is 2. The van der Waals surface area contributed by atoms with Crippen LogP contribution < -0.4 is 16.2 Å². The monoisotopic (exact) mass is 445 g/mol. The van der Waals surface area contributed by atoms with E-state index in [9.17, 15) is 18.0 Å². The number of hydrogen-bond donors (Lipinski definition) is 3. The van der Waals surface area contributed by atoms with Crippen LogP contribution in [-0.2, 0) is 10.0 Å². The molecule has 0 aliphatic carbocycles. The van der Waals surface area contributed by atoms with Crippen LogP contribution in [0, 0.1) is 6.92 Å². The van der Waals surface area contributed by atoms with Crippen LogP contribution in [0.4, 0.5) is 5.69 Å². The number of nitrogens with two attached hydrogens (primary N) is 2. The Morgan fingerprint density at radius 2 is 1.80 bits per heavy atom. The molecule has 0 aliphatic rings. The number of carbonyl (C=O) groups excluding carboxylic acids is 2. The van der Waals surface area contributed by atoms with E-state index < -0.39 is 21.8 Å². The van der Waals surface area contributed by atoms with Crippen LogP contribution in [0.1, 0.15) is 26.3 Å². The van der Waals surface area contributed by atoms with Crippen molar-refractivity contribution in [3.05, 3.63) is 56.5 Å². The molecule has 0 saturated heterocycles. The van der Waals surface area contributed by atoms with E-state index in [1.54, 1.807) is 0 Å². The minimum absolute atomic E-state index is 0.0515. The number of anilines is 1. The van der Waals surface area contributed by atoms with Gasteiger partial charge < -0.3 is 11.1 Å². The lowest BCUT2D eigenvalue weighted by molar-refractivity contribution is 0.0996. The van der Waals surface area contributed by atoms with Gasteiger partial charge in [-0.1, -0.05) is 27.5 Å². The molecule has 0 atom stereocenters. The third-order valence-corrected chi connectivity index (χ3v) is 5.19. The highest BCUT2D eigenvalue weighted by Gasteiger charge is 2.20. The van der Waals surface area contributed by atoms with E-state index in [4.69, 9.17) is 22.5 Å². The molecule has 0 saturated carbocycles. The Kier molecular flexibility index (Phi) is 5.52. The predicted octanol–water partition coefficient (Wildman–Crippen LogP) is 2.41. The fraction of sp³-hybridized carbons (Fsp3) is 0.0667. The van der Waals surface area contributed by atoms with Crippen LogP contribution in [0.15, 0.2) is 39.7 Å². The molecule has 0 fully saturated rings. The smallest absolute Gasteiger partial charge is 0.256 e. The Balaban J connectivity index is 2.45. The fourth-order valence-corrected chi connectivity index (χ4v) is 3.82. The van der Waals surface area contributed by atoms with Crippen molar-refractivity contribution < 1.29 is 18.0 Å². The SMILES string of the molecule is Cc1c(C(=O)Nc2ccc(Cl)c(C(N)=O)c2)cc(Br)cc1S(N)(=O)=O. The summed E-state index contributed by atoms with van der Waals surface area (Å²) in [6.45, 7) is 1.47. The quantitative estimate of drug-likeness (QED) is 0.665. The molecule has 0 spiro atoms. The van der Waals surface area contributed by atoms with E-state index in [0.29, 0.717) is 4.47 Å². The molecule has 5 N–H and O–H groups in total. The summed E-state index contributed by atoms with van der Waals surface area (Å²) in [4.78, 5) is 23.7. The number of primary amides is 1. The summed E-state index contributed by atoms with van der Waals surface area (Å²) >= 11 is 9.02. The maximum absolute atomic E-state index is 12.5. The Bertz CT molecular complexity index is 993. The summed E-state index contributed by atoms with van der Waals surface area (Å²) in [6.07, 6.45) is 0. The first-order chi connectivity index (χ1) is 11.5. The molecule has 0 unspecified atom stereocenters. The van der Waals surface area contributed by atoms with E-state index in [1.165, 1.54) is 37.3 Å². The zero-order valence-electron chi connectivity index (χ0n) is 12.8. The van der Waals surface area contributed by atoms with Gasteiger partial charge in [0.05, 0.1) is 15.5 Å². The first-order valence-corrected chi connectivity index (χ1v) is 9.46. The van der Waals surface area contributed by atoms with Crippen molar-refractivity contribution in [3.63, 3.8) is 0 Å². The third kappa shape index (κ3) is 4.37. The number of sulfonamides is 1. The number of hydrogen-bond acceptors (Lipinski definition) is 4. The number of nitrogens with one attached hydrogen (secondary N) is 1. The second-order valence-corrected chi connectivity index (χ2v) is 7.99. The van der Waals surface area contributed by atoms with Gasteiger partial charge in [0.25, 0.3) is 5.91 Å². The van der Waals surface area contributed by atoms with Gasteiger partial charge in [-0.3, -0.25) is 9.59 Å². The maximum atomic E-state index is 12.5. The molecule has 0 radical (unpaired) electrons. The molecule has 0 bridgehead atoms.